The number of benzene rings is 1. The van der Waals surface area contributed by atoms with E-state index in [9.17, 15) is 22.8 Å². The highest BCUT2D eigenvalue weighted by Gasteiger charge is 2.52. The summed E-state index contributed by atoms with van der Waals surface area (Å²) in [7, 11) is 1.35. The second-order valence-corrected chi connectivity index (χ2v) is 10.4. The molecule has 0 radical (unpaired) electrons. The third-order valence-electron chi connectivity index (χ3n) is 4.12. The molecule has 0 aromatic heterocycles. The first-order valence-corrected chi connectivity index (χ1v) is 9.87. The molecule has 0 fully saturated rings. The van der Waals surface area contributed by atoms with E-state index in [-0.39, 0.29) is 17.3 Å². The molecule has 6 nitrogen and oxygen atoms in total. The monoisotopic (exact) mass is 545 g/mol. The van der Waals surface area contributed by atoms with Crippen LogP contribution < -0.4 is 10.8 Å². The largest absolute Gasteiger partial charge is 0.371 e. The van der Waals surface area contributed by atoms with Gasteiger partial charge in [-0.05, 0) is 67.6 Å². The Morgan fingerprint density at radius 3 is 2.52 bits per heavy atom. The van der Waals surface area contributed by atoms with E-state index in [2.05, 4.69) is 5.32 Å². The van der Waals surface area contributed by atoms with Crippen molar-refractivity contribution in [3.8, 4) is 0 Å². The molecule has 11 heteroatoms. The molecule has 1 atom stereocenters. The fourth-order valence-electron chi connectivity index (χ4n) is 2.70. The summed E-state index contributed by atoms with van der Waals surface area (Å²) in [5, 5.41) is 2.34. The molecule has 1 aromatic rings. The van der Waals surface area contributed by atoms with Crippen molar-refractivity contribution in [3.63, 3.8) is 0 Å². The molecule has 1 unspecified atom stereocenters. The number of carbonyl (C=O) groups excluding carboxylic acids is 2. The Kier molecular flexibility index (Phi) is 6.80. The SMILES string of the molecule is CN1CC(C)(C(=O)Nc2ccc(F)c(Cl)c2)C=C1C(F)(F)C(=O)NOC(C)(C)I. The van der Waals surface area contributed by atoms with E-state index in [0.29, 0.717) is 0 Å². The first-order valence-electron chi connectivity index (χ1n) is 8.42. The molecule has 0 saturated carbocycles. The Labute approximate surface area is 184 Å². The van der Waals surface area contributed by atoms with Crippen LogP contribution in [0.4, 0.5) is 18.9 Å². The molecular weight excluding hydrogens is 526 g/mol. The quantitative estimate of drug-likeness (QED) is 0.321. The van der Waals surface area contributed by atoms with Crippen LogP contribution in [-0.4, -0.2) is 39.8 Å². The summed E-state index contributed by atoms with van der Waals surface area (Å²) in [5.74, 6) is -6.83. The summed E-state index contributed by atoms with van der Waals surface area (Å²) in [6.07, 6.45) is 1.04. The maximum Gasteiger partial charge on any atom is 0.365 e. The Morgan fingerprint density at radius 2 is 1.97 bits per heavy atom. The number of hydrogen-bond acceptors (Lipinski definition) is 4. The fraction of sp³-hybridized carbons (Fsp3) is 0.444. The Morgan fingerprint density at radius 1 is 1.34 bits per heavy atom. The summed E-state index contributed by atoms with van der Waals surface area (Å²) in [6.45, 7) is 4.52. The van der Waals surface area contributed by atoms with Gasteiger partial charge in [0, 0.05) is 19.3 Å². The number of nitrogens with one attached hydrogen (secondary N) is 2. The molecule has 0 aliphatic carbocycles. The molecule has 160 valence electrons. The highest BCUT2D eigenvalue weighted by molar-refractivity contribution is 14.1. The van der Waals surface area contributed by atoms with Gasteiger partial charge in [0.15, 0.2) is 0 Å². The molecule has 0 bridgehead atoms. The number of alkyl halides is 3. The van der Waals surface area contributed by atoms with E-state index < -0.39 is 38.3 Å². The molecule has 1 aliphatic rings. The lowest BCUT2D eigenvalue weighted by Gasteiger charge is -2.26. The van der Waals surface area contributed by atoms with Crippen molar-refractivity contribution in [2.45, 2.75) is 30.3 Å². The van der Waals surface area contributed by atoms with Crippen LogP contribution in [0.25, 0.3) is 0 Å². The zero-order valence-corrected chi connectivity index (χ0v) is 19.0. The minimum absolute atomic E-state index is 0.0927. The third-order valence-corrected chi connectivity index (χ3v) is 4.63. The van der Waals surface area contributed by atoms with E-state index in [1.807, 2.05) is 22.6 Å². The van der Waals surface area contributed by atoms with Gasteiger partial charge in [0.25, 0.3) is 0 Å². The molecule has 2 N–H and O–H groups in total. The lowest BCUT2D eigenvalue weighted by molar-refractivity contribution is -0.159. The fourth-order valence-corrected chi connectivity index (χ4v) is 2.99. The van der Waals surface area contributed by atoms with Gasteiger partial charge in [0.2, 0.25) is 5.91 Å². The highest BCUT2D eigenvalue weighted by atomic mass is 127. The number of halogens is 5. The van der Waals surface area contributed by atoms with Crippen molar-refractivity contribution in [1.82, 2.24) is 10.4 Å². The number of amides is 2. The van der Waals surface area contributed by atoms with E-state index in [1.54, 1.807) is 19.3 Å². The number of carbonyl (C=O) groups is 2. The van der Waals surface area contributed by atoms with Crippen LogP contribution in [0.3, 0.4) is 0 Å². The van der Waals surface area contributed by atoms with Crippen LogP contribution in [0.1, 0.15) is 20.8 Å². The van der Waals surface area contributed by atoms with Gasteiger partial charge in [0.1, 0.15) is 9.43 Å². The Balaban J connectivity index is 2.21. The summed E-state index contributed by atoms with van der Waals surface area (Å²) in [5.41, 5.74) is -0.0178. The lowest BCUT2D eigenvalue weighted by Crippen LogP contribution is -2.46. The van der Waals surface area contributed by atoms with Crippen LogP contribution in [0, 0.1) is 11.2 Å². The van der Waals surface area contributed by atoms with Crippen LogP contribution in [-0.2, 0) is 14.4 Å². The number of rotatable bonds is 6. The normalized spacial score (nSPS) is 19.8. The molecule has 29 heavy (non-hydrogen) atoms. The summed E-state index contributed by atoms with van der Waals surface area (Å²) in [6, 6.07) is 3.60. The van der Waals surface area contributed by atoms with Crippen molar-refractivity contribution in [3.05, 3.63) is 40.8 Å². The predicted octanol–water partition coefficient (Wildman–Crippen LogP) is 4.11. The summed E-state index contributed by atoms with van der Waals surface area (Å²) in [4.78, 5) is 30.7. The standard InChI is InChI=1S/C18H20ClF3IN3O3/c1-16(2,23)29-25-15(28)18(21,22)13-8-17(3,9-26(13)4)14(27)24-10-5-6-12(20)11(19)7-10/h5-8H,9H2,1-4H3,(H,24,27)(H,25,28). The van der Waals surface area contributed by atoms with Gasteiger partial charge in [-0.25, -0.2) is 9.87 Å². The van der Waals surface area contributed by atoms with Gasteiger partial charge in [-0.3, -0.25) is 14.4 Å². The number of hydroxylamine groups is 1. The first kappa shape index (κ1) is 23.7. The third kappa shape index (κ3) is 5.54. The van der Waals surface area contributed by atoms with Crippen LogP contribution in [0.2, 0.25) is 5.02 Å². The molecule has 2 rings (SSSR count). The van der Waals surface area contributed by atoms with Crippen LogP contribution in [0.15, 0.2) is 30.0 Å². The molecule has 0 saturated heterocycles. The predicted molar refractivity (Wildman–Crippen MR) is 111 cm³/mol. The molecule has 1 aromatic carbocycles. The maximum absolute atomic E-state index is 14.7. The minimum atomic E-state index is -3.92. The van der Waals surface area contributed by atoms with Gasteiger partial charge >= 0.3 is 11.8 Å². The van der Waals surface area contributed by atoms with Gasteiger partial charge in [-0.2, -0.15) is 8.78 Å². The Hall–Kier alpha value is -1.53. The van der Waals surface area contributed by atoms with E-state index >= 15 is 0 Å². The van der Waals surface area contributed by atoms with Gasteiger partial charge < -0.3 is 10.2 Å². The van der Waals surface area contributed by atoms with E-state index in [0.717, 1.165) is 17.0 Å². The van der Waals surface area contributed by atoms with E-state index in [1.165, 1.54) is 26.1 Å². The second kappa shape index (κ2) is 8.31. The Bertz CT molecular complexity index is 860. The van der Waals surface area contributed by atoms with Crippen LogP contribution >= 0.6 is 34.2 Å². The molecule has 0 spiro atoms. The second-order valence-electron chi connectivity index (χ2n) is 7.36. The van der Waals surface area contributed by atoms with Crippen LogP contribution in [0.5, 0.6) is 0 Å². The molecule has 2 amide bonds. The first-order chi connectivity index (χ1) is 13.2. The van der Waals surface area contributed by atoms with Crippen molar-refractivity contribution in [2.24, 2.45) is 5.41 Å². The van der Waals surface area contributed by atoms with Crippen molar-refractivity contribution in [1.29, 1.82) is 0 Å². The lowest BCUT2D eigenvalue weighted by atomic mass is 9.90. The summed E-state index contributed by atoms with van der Waals surface area (Å²) >= 11 is 7.52. The van der Waals surface area contributed by atoms with Gasteiger partial charge in [0.05, 0.1) is 16.1 Å². The van der Waals surface area contributed by atoms with Gasteiger partial charge in [-0.1, -0.05) is 11.6 Å². The minimum Gasteiger partial charge on any atom is -0.371 e. The average Bonchev–Trinajstić information content (AvgIpc) is 2.92. The average molecular weight is 546 g/mol. The zero-order valence-electron chi connectivity index (χ0n) is 16.1. The number of nitrogens with zero attached hydrogens (tertiary/aromatic N) is 1. The molecular formula is C18H20ClF3IN3O3. The molecule has 1 heterocycles. The van der Waals surface area contributed by atoms with Gasteiger partial charge in [-0.15, -0.1) is 0 Å². The van der Waals surface area contributed by atoms with E-state index in [4.69, 9.17) is 16.4 Å². The molecule has 1 aliphatic heterocycles. The number of anilines is 1. The van der Waals surface area contributed by atoms with Crippen molar-refractivity contribution in [2.75, 3.05) is 18.9 Å². The highest BCUT2D eigenvalue weighted by Crippen LogP contribution is 2.39. The topological polar surface area (TPSA) is 70.7 Å². The smallest absolute Gasteiger partial charge is 0.365 e. The number of hydrogen-bond donors (Lipinski definition) is 2. The zero-order chi connectivity index (χ0) is 22.2. The maximum atomic E-state index is 14.7. The van der Waals surface area contributed by atoms with Crippen molar-refractivity contribution >= 4 is 51.7 Å². The summed E-state index contributed by atoms with van der Waals surface area (Å²) < 4.78 is 41.7. The van der Waals surface area contributed by atoms with Crippen molar-refractivity contribution < 1.29 is 27.6 Å².